The van der Waals surface area contributed by atoms with Gasteiger partial charge in [-0.2, -0.15) is 0 Å². The number of rotatable bonds is 4. The third kappa shape index (κ3) is 3.98. The molecule has 0 saturated carbocycles. The molecule has 2 aliphatic rings. The molecule has 2 heterocycles. The second-order valence-electron chi connectivity index (χ2n) is 8.56. The van der Waals surface area contributed by atoms with Gasteiger partial charge in [0, 0.05) is 23.3 Å². The van der Waals surface area contributed by atoms with Crippen molar-refractivity contribution in [3.63, 3.8) is 0 Å². The van der Waals surface area contributed by atoms with Gasteiger partial charge in [-0.1, -0.05) is 23.8 Å². The van der Waals surface area contributed by atoms with E-state index in [1.165, 1.54) is 17.7 Å². The van der Waals surface area contributed by atoms with Crippen molar-refractivity contribution in [2.45, 2.75) is 51.7 Å². The Bertz CT molecular complexity index is 1110. The zero-order valence-corrected chi connectivity index (χ0v) is 17.8. The fourth-order valence-electron chi connectivity index (χ4n) is 4.07. The lowest BCUT2D eigenvalue weighted by molar-refractivity contribution is 0.0841. The first-order valence-electron chi connectivity index (χ1n) is 10.3. The molecule has 6 heteroatoms. The lowest BCUT2D eigenvalue weighted by Gasteiger charge is -2.34. The molecule has 4 rings (SSSR count). The minimum Gasteiger partial charge on any atom is -0.508 e. The van der Waals surface area contributed by atoms with Crippen LogP contribution >= 0.6 is 0 Å². The van der Waals surface area contributed by atoms with Crippen LogP contribution in [0.25, 0.3) is 6.08 Å². The number of phenolic OH excluding ortho intramolecular Hbond substituents is 3. The molecular weight excluding hydrogens is 396 g/mol. The molecule has 3 N–H and O–H groups in total. The highest BCUT2D eigenvalue weighted by molar-refractivity contribution is 6.02. The number of ether oxygens (including phenoxy) is 2. The quantitative estimate of drug-likeness (QED) is 0.569. The first-order valence-corrected chi connectivity index (χ1v) is 10.3. The maximum atomic E-state index is 12.7. The van der Waals surface area contributed by atoms with Gasteiger partial charge < -0.3 is 24.8 Å². The monoisotopic (exact) mass is 422 g/mol. The Labute approximate surface area is 181 Å². The van der Waals surface area contributed by atoms with Crippen LogP contribution in [0.1, 0.15) is 67.6 Å². The molecule has 0 aliphatic carbocycles. The van der Waals surface area contributed by atoms with Gasteiger partial charge in [-0.15, -0.1) is 0 Å². The number of allylic oxidation sites excluding steroid dienone is 2. The molecule has 0 fully saturated rings. The molecule has 0 spiro atoms. The summed E-state index contributed by atoms with van der Waals surface area (Å²) in [5, 5.41) is 30.3. The van der Waals surface area contributed by atoms with Crippen molar-refractivity contribution in [3.05, 3.63) is 58.7 Å². The molecule has 2 aromatic rings. The minimum atomic E-state index is -0.640. The van der Waals surface area contributed by atoms with Gasteiger partial charge in [0.05, 0.1) is 6.42 Å². The van der Waals surface area contributed by atoms with Gasteiger partial charge in [0.25, 0.3) is 0 Å². The summed E-state index contributed by atoms with van der Waals surface area (Å²) in [5.74, 6) is -0.255. The molecule has 31 heavy (non-hydrogen) atoms. The third-order valence-corrected chi connectivity index (χ3v) is 5.67. The van der Waals surface area contributed by atoms with E-state index in [2.05, 4.69) is 19.9 Å². The summed E-state index contributed by atoms with van der Waals surface area (Å²) in [6.45, 7) is 6.08. The Morgan fingerprint density at radius 3 is 2.71 bits per heavy atom. The Morgan fingerprint density at radius 1 is 1.19 bits per heavy atom. The normalized spacial score (nSPS) is 21.5. The van der Waals surface area contributed by atoms with Gasteiger partial charge in [-0.3, -0.25) is 4.79 Å². The number of carbonyl (C=O) groups excluding carboxylic acids is 1. The molecule has 162 valence electrons. The predicted molar refractivity (Wildman–Crippen MR) is 117 cm³/mol. The van der Waals surface area contributed by atoms with E-state index < -0.39 is 11.7 Å². The number of Topliss-reactive ketones (excluding diaryl/α,β-unsaturated/α-hetero) is 1. The molecule has 2 aromatic carbocycles. The zero-order chi connectivity index (χ0) is 22.3. The Balaban J connectivity index is 1.67. The molecule has 2 atom stereocenters. The van der Waals surface area contributed by atoms with E-state index in [9.17, 15) is 20.1 Å². The fraction of sp³-hybridized carbons (Fsp3) is 0.320. The first kappa shape index (κ1) is 20.8. The van der Waals surface area contributed by atoms with Gasteiger partial charge >= 0.3 is 0 Å². The van der Waals surface area contributed by atoms with Crippen molar-refractivity contribution in [1.82, 2.24) is 0 Å². The van der Waals surface area contributed by atoms with Crippen LogP contribution in [0.5, 0.6) is 28.7 Å². The van der Waals surface area contributed by atoms with Crippen LogP contribution in [-0.4, -0.2) is 26.7 Å². The van der Waals surface area contributed by atoms with Crippen molar-refractivity contribution in [2.24, 2.45) is 0 Å². The number of fused-ring (bicyclic) bond motifs is 2. The number of hydrogen-bond acceptors (Lipinski definition) is 6. The standard InChI is InChI=1S/C25H26O6/c1-14(2)5-4-9-25(3)10-8-17-16(6-7-18(27)24(17)31-25)21-13-20(29)23-19(28)11-15(26)12-22(23)30-21/h5-8,10-12,21,26-28H,4,9,13H2,1-3H3. The van der Waals surface area contributed by atoms with Gasteiger partial charge in [0.1, 0.15) is 34.5 Å². The maximum absolute atomic E-state index is 12.7. The van der Waals surface area contributed by atoms with Gasteiger partial charge in [0.2, 0.25) is 0 Å². The van der Waals surface area contributed by atoms with Gasteiger partial charge in [-0.25, -0.2) is 0 Å². The molecule has 0 saturated heterocycles. The minimum absolute atomic E-state index is 0.0221. The summed E-state index contributed by atoms with van der Waals surface area (Å²) in [7, 11) is 0. The van der Waals surface area contributed by atoms with E-state index in [0.717, 1.165) is 18.9 Å². The molecule has 0 radical (unpaired) electrons. The fourth-order valence-corrected chi connectivity index (χ4v) is 4.07. The van der Waals surface area contributed by atoms with Crippen LogP contribution in [0.15, 0.2) is 42.0 Å². The van der Waals surface area contributed by atoms with Crippen LogP contribution in [-0.2, 0) is 0 Å². The molecular formula is C25H26O6. The van der Waals surface area contributed by atoms with E-state index >= 15 is 0 Å². The number of benzene rings is 2. The highest BCUT2D eigenvalue weighted by Crippen LogP contribution is 2.47. The van der Waals surface area contributed by atoms with Crippen LogP contribution < -0.4 is 9.47 Å². The second-order valence-corrected chi connectivity index (χ2v) is 8.56. The molecule has 0 aromatic heterocycles. The number of ketones is 1. The Kier molecular flexibility index (Phi) is 5.17. The summed E-state index contributed by atoms with van der Waals surface area (Å²) >= 11 is 0. The molecule has 0 bridgehead atoms. The first-order chi connectivity index (χ1) is 14.7. The summed E-state index contributed by atoms with van der Waals surface area (Å²) < 4.78 is 12.2. The Morgan fingerprint density at radius 2 is 1.97 bits per heavy atom. The second kappa shape index (κ2) is 7.69. The SMILES string of the molecule is CC(C)=CCCC1(C)C=Cc2c(C3CC(=O)c4c(O)cc(O)cc4O3)ccc(O)c2O1. The van der Waals surface area contributed by atoms with Crippen LogP contribution in [0.3, 0.4) is 0 Å². The predicted octanol–water partition coefficient (Wildman–Crippen LogP) is 5.42. The van der Waals surface area contributed by atoms with E-state index in [-0.39, 0.29) is 40.8 Å². The summed E-state index contributed by atoms with van der Waals surface area (Å²) in [6.07, 6.45) is 7.00. The maximum Gasteiger partial charge on any atom is 0.174 e. The molecule has 6 nitrogen and oxygen atoms in total. The number of phenols is 3. The van der Waals surface area contributed by atoms with E-state index in [1.54, 1.807) is 6.07 Å². The van der Waals surface area contributed by atoms with Gasteiger partial charge in [0.15, 0.2) is 17.3 Å². The summed E-state index contributed by atoms with van der Waals surface area (Å²) in [5.41, 5.74) is 2.09. The average Bonchev–Trinajstić information content (AvgIpc) is 2.67. The van der Waals surface area contributed by atoms with Crippen molar-refractivity contribution in [2.75, 3.05) is 0 Å². The summed E-state index contributed by atoms with van der Waals surface area (Å²) in [6, 6.07) is 5.68. The van der Waals surface area contributed by atoms with Crippen LogP contribution in [0.4, 0.5) is 0 Å². The smallest absolute Gasteiger partial charge is 0.174 e. The van der Waals surface area contributed by atoms with Crippen molar-refractivity contribution in [3.8, 4) is 28.7 Å². The van der Waals surface area contributed by atoms with Crippen molar-refractivity contribution >= 4 is 11.9 Å². The third-order valence-electron chi connectivity index (χ3n) is 5.67. The average molecular weight is 422 g/mol. The van der Waals surface area contributed by atoms with Gasteiger partial charge in [-0.05, 0) is 45.8 Å². The lowest BCUT2D eigenvalue weighted by atomic mass is 9.89. The van der Waals surface area contributed by atoms with E-state index in [1.807, 2.05) is 19.1 Å². The van der Waals surface area contributed by atoms with E-state index in [4.69, 9.17) is 9.47 Å². The largest absolute Gasteiger partial charge is 0.508 e. The molecule has 2 unspecified atom stereocenters. The van der Waals surface area contributed by atoms with Crippen LogP contribution in [0.2, 0.25) is 0 Å². The topological polar surface area (TPSA) is 96.2 Å². The number of carbonyl (C=O) groups is 1. The van der Waals surface area contributed by atoms with Crippen molar-refractivity contribution < 1.29 is 29.6 Å². The molecule has 2 aliphatic heterocycles. The lowest BCUT2D eigenvalue weighted by Crippen LogP contribution is -2.32. The van der Waals surface area contributed by atoms with Crippen LogP contribution in [0, 0.1) is 0 Å². The Hall–Kier alpha value is -3.41. The number of aromatic hydroxyl groups is 3. The summed E-state index contributed by atoms with van der Waals surface area (Å²) in [4.78, 5) is 12.7. The zero-order valence-electron chi connectivity index (χ0n) is 17.8. The van der Waals surface area contributed by atoms with E-state index in [0.29, 0.717) is 16.9 Å². The molecule has 0 amide bonds. The highest BCUT2D eigenvalue weighted by Gasteiger charge is 2.35. The highest BCUT2D eigenvalue weighted by atomic mass is 16.5. The number of hydrogen-bond donors (Lipinski definition) is 3. The van der Waals surface area contributed by atoms with Crippen molar-refractivity contribution in [1.29, 1.82) is 0 Å².